The molecule has 0 N–H and O–H groups in total. The van der Waals surface area contributed by atoms with Crippen LogP contribution >= 0.6 is 0 Å². The van der Waals surface area contributed by atoms with Crippen molar-refractivity contribution in [3.05, 3.63) is 36.4 Å². The van der Waals surface area contributed by atoms with E-state index in [0.29, 0.717) is 5.56 Å². The van der Waals surface area contributed by atoms with E-state index in [4.69, 9.17) is 0 Å². The number of benzene rings is 1. The first kappa shape index (κ1) is 9.76. The quantitative estimate of drug-likeness (QED) is 0.433. The van der Waals surface area contributed by atoms with Gasteiger partial charge in [0.25, 0.3) is 0 Å². The van der Waals surface area contributed by atoms with Crippen molar-refractivity contribution >= 4 is 6.08 Å². The largest absolute Gasteiger partial charge is 1.00 e. The van der Waals surface area contributed by atoms with Crippen molar-refractivity contribution in [2.45, 2.75) is 0 Å². The van der Waals surface area contributed by atoms with Crippen molar-refractivity contribution in [1.29, 1.82) is 0 Å². The van der Waals surface area contributed by atoms with Gasteiger partial charge in [-0.2, -0.15) is 0 Å². The molecule has 0 fully saturated rings. The zero-order valence-electron chi connectivity index (χ0n) is 6.00. The van der Waals surface area contributed by atoms with E-state index in [1.807, 2.05) is 6.07 Å². The van der Waals surface area contributed by atoms with E-state index in [0.717, 1.165) is 0 Å². The Hall–Kier alpha value is -0.240. The van der Waals surface area contributed by atoms with Gasteiger partial charge >= 0.3 is 29.6 Å². The van der Waals surface area contributed by atoms with Crippen molar-refractivity contribution in [2.24, 2.45) is 0 Å². The smallest absolute Gasteiger partial charge is 0.872 e. The van der Waals surface area contributed by atoms with E-state index in [1.165, 1.54) is 6.07 Å². The molecule has 0 aliphatic heterocycles. The summed E-state index contributed by atoms with van der Waals surface area (Å²) in [6.07, 6.45) is 1.56. The van der Waals surface area contributed by atoms with Crippen LogP contribution in [0.4, 0.5) is 0 Å². The molecular formula is C8H7NaO. The average Bonchev–Trinajstić information content (AvgIpc) is 1.89. The van der Waals surface area contributed by atoms with E-state index in [1.54, 1.807) is 18.2 Å². The first-order valence-corrected chi connectivity index (χ1v) is 2.73. The van der Waals surface area contributed by atoms with Crippen LogP contribution in [0.1, 0.15) is 5.56 Å². The zero-order chi connectivity index (χ0) is 6.69. The van der Waals surface area contributed by atoms with Gasteiger partial charge in [0.05, 0.1) is 0 Å². The Morgan fingerprint density at radius 3 is 2.30 bits per heavy atom. The molecule has 0 heterocycles. The van der Waals surface area contributed by atoms with Gasteiger partial charge in [0, 0.05) is 0 Å². The SMILES string of the molecule is C=Cc1ccccc1[O-].[Na+]. The van der Waals surface area contributed by atoms with Crippen LogP contribution in [-0.4, -0.2) is 0 Å². The minimum Gasteiger partial charge on any atom is -0.872 e. The maximum Gasteiger partial charge on any atom is 1.00 e. The van der Waals surface area contributed by atoms with E-state index in [-0.39, 0.29) is 35.3 Å². The van der Waals surface area contributed by atoms with Gasteiger partial charge in [-0.1, -0.05) is 36.9 Å². The van der Waals surface area contributed by atoms with Crippen LogP contribution in [0.15, 0.2) is 30.8 Å². The van der Waals surface area contributed by atoms with Crippen molar-refractivity contribution in [3.8, 4) is 5.75 Å². The molecule has 0 atom stereocenters. The summed E-state index contributed by atoms with van der Waals surface area (Å²) < 4.78 is 0. The summed E-state index contributed by atoms with van der Waals surface area (Å²) in [5, 5.41) is 10.8. The van der Waals surface area contributed by atoms with Crippen LogP contribution in [0, 0.1) is 0 Å². The summed E-state index contributed by atoms with van der Waals surface area (Å²) in [7, 11) is 0. The maximum atomic E-state index is 10.8. The molecule has 0 bridgehead atoms. The Bertz CT molecular complexity index is 220. The molecule has 0 amide bonds. The minimum absolute atomic E-state index is 0. The molecule has 10 heavy (non-hydrogen) atoms. The van der Waals surface area contributed by atoms with E-state index in [9.17, 15) is 5.11 Å². The third-order valence-electron chi connectivity index (χ3n) is 1.14. The van der Waals surface area contributed by atoms with Crippen LogP contribution in [0.25, 0.3) is 6.08 Å². The summed E-state index contributed by atoms with van der Waals surface area (Å²) in [6, 6.07) is 6.81. The molecule has 0 saturated carbocycles. The first-order valence-electron chi connectivity index (χ1n) is 2.73. The molecule has 1 aromatic carbocycles. The predicted molar refractivity (Wildman–Crippen MR) is 36.0 cm³/mol. The Labute approximate surface area is 82.7 Å². The standard InChI is InChI=1S/C8H8O.Na/c1-2-7-5-3-4-6-8(7)9;/h2-6,9H,1H2;/q;+1/p-1. The molecule has 0 saturated heterocycles. The second kappa shape index (κ2) is 4.56. The molecule has 1 rings (SSSR count). The maximum absolute atomic E-state index is 10.8. The van der Waals surface area contributed by atoms with Crippen molar-refractivity contribution in [2.75, 3.05) is 0 Å². The Morgan fingerprint density at radius 2 is 1.90 bits per heavy atom. The summed E-state index contributed by atoms with van der Waals surface area (Å²) >= 11 is 0. The van der Waals surface area contributed by atoms with Crippen molar-refractivity contribution < 1.29 is 34.7 Å². The minimum atomic E-state index is 0. The summed E-state index contributed by atoms with van der Waals surface area (Å²) in [5.41, 5.74) is 0.664. The predicted octanol–water partition coefficient (Wildman–Crippen LogP) is -1.59. The number of rotatable bonds is 1. The molecule has 0 unspecified atom stereocenters. The first-order chi connectivity index (χ1) is 4.34. The summed E-state index contributed by atoms with van der Waals surface area (Å²) in [6.45, 7) is 3.49. The van der Waals surface area contributed by atoms with Crippen molar-refractivity contribution in [1.82, 2.24) is 0 Å². The van der Waals surface area contributed by atoms with Crippen LogP contribution in [0.2, 0.25) is 0 Å². The van der Waals surface area contributed by atoms with E-state index < -0.39 is 0 Å². The monoisotopic (exact) mass is 142 g/mol. The summed E-state index contributed by atoms with van der Waals surface area (Å²) in [5.74, 6) is 0.0347. The van der Waals surface area contributed by atoms with E-state index in [2.05, 4.69) is 6.58 Å². The fourth-order valence-electron chi connectivity index (χ4n) is 0.649. The molecule has 0 spiro atoms. The van der Waals surface area contributed by atoms with Gasteiger partial charge < -0.3 is 5.11 Å². The van der Waals surface area contributed by atoms with Gasteiger partial charge in [-0.3, -0.25) is 0 Å². The number of hydrogen-bond donors (Lipinski definition) is 0. The van der Waals surface area contributed by atoms with Gasteiger partial charge in [0.15, 0.2) is 0 Å². The molecule has 1 aromatic rings. The molecule has 0 aromatic heterocycles. The molecule has 2 heteroatoms. The second-order valence-electron chi connectivity index (χ2n) is 1.74. The van der Waals surface area contributed by atoms with Gasteiger partial charge in [-0.25, -0.2) is 0 Å². The van der Waals surface area contributed by atoms with Gasteiger partial charge in [-0.15, -0.1) is 5.75 Å². The molecule has 0 radical (unpaired) electrons. The Kier molecular flexibility index (Phi) is 4.45. The van der Waals surface area contributed by atoms with Crippen LogP contribution in [0.3, 0.4) is 0 Å². The molecular weight excluding hydrogens is 135 g/mol. The van der Waals surface area contributed by atoms with Gasteiger partial charge in [0.2, 0.25) is 0 Å². The fraction of sp³-hybridized carbons (Fsp3) is 0. The second-order valence-corrected chi connectivity index (χ2v) is 1.74. The Morgan fingerprint density at radius 1 is 1.30 bits per heavy atom. The van der Waals surface area contributed by atoms with Crippen LogP contribution in [-0.2, 0) is 0 Å². The average molecular weight is 142 g/mol. The third kappa shape index (κ3) is 2.18. The molecule has 46 valence electrons. The molecule has 0 aliphatic carbocycles. The topological polar surface area (TPSA) is 23.1 Å². The molecule has 0 aliphatic rings. The van der Waals surface area contributed by atoms with Gasteiger partial charge in [-0.05, 0) is 5.56 Å². The molecule has 1 nitrogen and oxygen atoms in total. The summed E-state index contributed by atoms with van der Waals surface area (Å²) in [4.78, 5) is 0. The van der Waals surface area contributed by atoms with Gasteiger partial charge in [0.1, 0.15) is 0 Å². The third-order valence-corrected chi connectivity index (χ3v) is 1.14. The Balaban J connectivity index is 0.000000810. The zero-order valence-corrected chi connectivity index (χ0v) is 8.00. The fourth-order valence-corrected chi connectivity index (χ4v) is 0.649. The number of para-hydroxylation sites is 1. The van der Waals surface area contributed by atoms with Crippen molar-refractivity contribution in [3.63, 3.8) is 0 Å². The van der Waals surface area contributed by atoms with Crippen LogP contribution < -0.4 is 34.7 Å². The van der Waals surface area contributed by atoms with E-state index >= 15 is 0 Å². The normalized spacial score (nSPS) is 8.00. The van der Waals surface area contributed by atoms with Crippen LogP contribution in [0.5, 0.6) is 5.75 Å². The number of hydrogen-bond acceptors (Lipinski definition) is 1.